The third-order valence-electron chi connectivity index (χ3n) is 1.36. The summed E-state index contributed by atoms with van der Waals surface area (Å²) in [5.74, 6) is -5.24. The number of Topliss-reactive ketones (excluding diaryl/α,β-unsaturated/α-hetero) is 1. The number of halogens is 3. The van der Waals surface area contributed by atoms with Crippen molar-refractivity contribution in [2.45, 2.75) is 0 Å². The molecule has 0 saturated heterocycles. The van der Waals surface area contributed by atoms with Gasteiger partial charge in [0.2, 0.25) is 0 Å². The Labute approximate surface area is 71.2 Å². The predicted molar refractivity (Wildman–Crippen MR) is 36.3 cm³/mol. The number of nitriles is 1. The Morgan fingerprint density at radius 3 is 2.23 bits per heavy atom. The average molecular weight is 185 g/mol. The first kappa shape index (κ1) is 9.26. The van der Waals surface area contributed by atoms with Crippen molar-refractivity contribution in [2.75, 3.05) is 0 Å². The molecule has 0 atom stereocenters. The lowest BCUT2D eigenvalue weighted by molar-refractivity contribution is 0.105. The summed E-state index contributed by atoms with van der Waals surface area (Å²) in [6.45, 7) is 0. The van der Waals surface area contributed by atoms with E-state index in [2.05, 4.69) is 0 Å². The highest BCUT2D eigenvalue weighted by molar-refractivity contribution is 6.07. The number of carbonyl (C=O) groups is 1. The highest BCUT2D eigenvalue weighted by Gasteiger charge is 2.15. The number of carbonyl (C=O) groups excluding carboxylic acids is 1. The van der Waals surface area contributed by atoms with E-state index in [1.165, 1.54) is 0 Å². The molecule has 2 nitrogen and oxygen atoms in total. The van der Waals surface area contributed by atoms with Crippen molar-refractivity contribution < 1.29 is 18.0 Å². The average Bonchev–Trinajstić information content (AvgIpc) is 2.10. The second-order valence-electron chi connectivity index (χ2n) is 2.19. The van der Waals surface area contributed by atoms with Gasteiger partial charge in [-0.2, -0.15) is 5.26 Å². The van der Waals surface area contributed by atoms with E-state index in [0.717, 1.165) is 6.07 Å². The predicted octanol–water partition coefficient (Wildman–Crippen LogP) is 1.81. The van der Waals surface area contributed by atoms with Crippen molar-refractivity contribution >= 4 is 5.78 Å². The van der Waals surface area contributed by atoms with Crippen molar-refractivity contribution in [3.8, 4) is 6.07 Å². The number of nitrogens with zero attached hydrogens (tertiary/aromatic N) is 1. The van der Waals surface area contributed by atoms with E-state index >= 15 is 0 Å². The fourth-order valence-electron chi connectivity index (χ4n) is 0.757. The summed E-state index contributed by atoms with van der Waals surface area (Å²) in [5, 5.41) is 8.09. The zero-order valence-corrected chi connectivity index (χ0v) is 6.14. The molecule has 0 aliphatic carbocycles. The van der Waals surface area contributed by atoms with Crippen LogP contribution in [-0.4, -0.2) is 5.78 Å². The standard InChI is InChI=1S/C8H2F3NO/c9-5-2-7(11)6(10)1-4(5)8(13)3-12/h1-2H. The minimum absolute atomic E-state index is 0.222. The molecular formula is C8H2F3NO. The molecule has 0 fully saturated rings. The molecule has 5 heteroatoms. The minimum atomic E-state index is -1.40. The Morgan fingerprint density at radius 2 is 1.69 bits per heavy atom. The molecule has 0 spiro atoms. The summed E-state index contributed by atoms with van der Waals surface area (Å²) in [6.07, 6.45) is 0. The first-order valence-electron chi connectivity index (χ1n) is 3.15. The summed E-state index contributed by atoms with van der Waals surface area (Å²) in [7, 11) is 0. The van der Waals surface area contributed by atoms with Crippen molar-refractivity contribution in [3.05, 3.63) is 35.1 Å². The molecular weight excluding hydrogens is 183 g/mol. The highest BCUT2D eigenvalue weighted by atomic mass is 19.2. The monoisotopic (exact) mass is 185 g/mol. The quantitative estimate of drug-likeness (QED) is 0.380. The van der Waals surface area contributed by atoms with Crippen LogP contribution >= 0.6 is 0 Å². The number of hydrogen-bond acceptors (Lipinski definition) is 2. The van der Waals surface area contributed by atoms with Gasteiger partial charge in [0.05, 0.1) is 5.56 Å². The van der Waals surface area contributed by atoms with Gasteiger partial charge in [-0.05, 0) is 6.07 Å². The normalized spacial score (nSPS) is 9.38. The van der Waals surface area contributed by atoms with Gasteiger partial charge in [-0.3, -0.25) is 4.79 Å². The van der Waals surface area contributed by atoms with Crippen molar-refractivity contribution in [2.24, 2.45) is 0 Å². The Hall–Kier alpha value is -1.83. The number of ketones is 1. The molecule has 0 aromatic heterocycles. The number of hydrogen-bond donors (Lipinski definition) is 0. The molecule has 0 unspecified atom stereocenters. The number of rotatable bonds is 1. The largest absolute Gasteiger partial charge is 0.277 e. The molecule has 66 valence electrons. The summed E-state index contributed by atoms with van der Waals surface area (Å²) in [4.78, 5) is 10.6. The molecule has 1 aromatic rings. The first-order valence-corrected chi connectivity index (χ1v) is 3.15. The third kappa shape index (κ3) is 1.67. The topological polar surface area (TPSA) is 40.9 Å². The van der Waals surface area contributed by atoms with Crippen molar-refractivity contribution in [1.82, 2.24) is 0 Å². The smallest absolute Gasteiger partial charge is 0.265 e. The van der Waals surface area contributed by atoms with E-state index in [9.17, 15) is 18.0 Å². The maximum atomic E-state index is 12.7. The molecule has 13 heavy (non-hydrogen) atoms. The van der Waals surface area contributed by atoms with Gasteiger partial charge in [0, 0.05) is 6.07 Å². The Kier molecular flexibility index (Phi) is 2.33. The van der Waals surface area contributed by atoms with Crippen LogP contribution in [0.25, 0.3) is 0 Å². The first-order chi connectivity index (χ1) is 6.06. The van der Waals surface area contributed by atoms with Crippen molar-refractivity contribution in [3.63, 3.8) is 0 Å². The molecule has 1 rings (SSSR count). The zero-order chi connectivity index (χ0) is 10.0. The summed E-state index contributed by atoms with van der Waals surface area (Å²) in [5.41, 5.74) is -0.763. The lowest BCUT2D eigenvalue weighted by Crippen LogP contribution is -2.01. The van der Waals surface area contributed by atoms with Crippen LogP contribution in [0.15, 0.2) is 12.1 Å². The molecule has 0 aliphatic heterocycles. The van der Waals surface area contributed by atoms with Gasteiger partial charge in [0.1, 0.15) is 11.9 Å². The van der Waals surface area contributed by atoms with Crippen LogP contribution in [0.5, 0.6) is 0 Å². The molecule has 0 heterocycles. The molecule has 0 radical (unpaired) electrons. The van der Waals surface area contributed by atoms with Crippen LogP contribution < -0.4 is 0 Å². The summed E-state index contributed by atoms with van der Waals surface area (Å²) >= 11 is 0. The van der Waals surface area contributed by atoms with Gasteiger partial charge < -0.3 is 0 Å². The molecule has 0 bridgehead atoms. The highest BCUT2D eigenvalue weighted by Crippen LogP contribution is 2.13. The SMILES string of the molecule is N#CC(=O)c1cc(F)c(F)cc1F. The van der Waals surface area contributed by atoms with E-state index in [0.29, 0.717) is 6.07 Å². The molecule has 0 aliphatic rings. The van der Waals surface area contributed by atoms with Crippen LogP contribution in [-0.2, 0) is 0 Å². The zero-order valence-electron chi connectivity index (χ0n) is 6.14. The van der Waals surface area contributed by atoms with Crippen LogP contribution in [0.4, 0.5) is 13.2 Å². The van der Waals surface area contributed by atoms with Gasteiger partial charge >= 0.3 is 0 Å². The van der Waals surface area contributed by atoms with Gasteiger partial charge in [-0.15, -0.1) is 0 Å². The van der Waals surface area contributed by atoms with E-state index in [1.54, 1.807) is 0 Å². The second-order valence-corrected chi connectivity index (χ2v) is 2.19. The fourth-order valence-corrected chi connectivity index (χ4v) is 0.757. The Morgan fingerprint density at radius 1 is 1.15 bits per heavy atom. The minimum Gasteiger partial charge on any atom is -0.277 e. The summed E-state index contributed by atoms with van der Waals surface area (Å²) in [6, 6.07) is 1.68. The summed E-state index contributed by atoms with van der Waals surface area (Å²) < 4.78 is 37.5. The maximum Gasteiger partial charge on any atom is 0.265 e. The van der Waals surface area contributed by atoms with Gasteiger partial charge in [0.15, 0.2) is 11.6 Å². The lowest BCUT2D eigenvalue weighted by atomic mass is 10.1. The fraction of sp³-hybridized carbons (Fsp3) is 0. The van der Waals surface area contributed by atoms with Crippen LogP contribution in [0.3, 0.4) is 0 Å². The van der Waals surface area contributed by atoms with E-state index in [4.69, 9.17) is 5.26 Å². The molecule has 0 N–H and O–H groups in total. The molecule has 0 saturated carbocycles. The van der Waals surface area contributed by atoms with E-state index in [1.807, 2.05) is 0 Å². The Balaban J connectivity index is 3.33. The molecule has 0 amide bonds. The lowest BCUT2D eigenvalue weighted by Gasteiger charge is -1.97. The number of benzene rings is 1. The van der Waals surface area contributed by atoms with E-state index < -0.39 is 28.8 Å². The third-order valence-corrected chi connectivity index (χ3v) is 1.36. The van der Waals surface area contributed by atoms with E-state index in [-0.39, 0.29) is 6.07 Å². The maximum absolute atomic E-state index is 12.7. The van der Waals surface area contributed by atoms with Crippen LogP contribution in [0.1, 0.15) is 10.4 Å². The van der Waals surface area contributed by atoms with Crippen LogP contribution in [0.2, 0.25) is 0 Å². The van der Waals surface area contributed by atoms with Gasteiger partial charge in [-0.25, -0.2) is 13.2 Å². The van der Waals surface area contributed by atoms with Gasteiger partial charge in [0.25, 0.3) is 5.78 Å². The Bertz CT molecular complexity index is 409. The molecule has 1 aromatic carbocycles. The van der Waals surface area contributed by atoms with Crippen LogP contribution in [0, 0.1) is 28.8 Å². The second kappa shape index (κ2) is 3.27. The van der Waals surface area contributed by atoms with Crippen molar-refractivity contribution in [1.29, 1.82) is 5.26 Å². The van der Waals surface area contributed by atoms with Gasteiger partial charge in [-0.1, -0.05) is 0 Å².